The lowest BCUT2D eigenvalue weighted by atomic mass is 10.2. The summed E-state index contributed by atoms with van der Waals surface area (Å²) in [6.07, 6.45) is 0. The Morgan fingerprint density at radius 3 is 2.57 bits per heavy atom. The van der Waals surface area contributed by atoms with E-state index in [4.69, 9.17) is 11.6 Å². The van der Waals surface area contributed by atoms with Crippen LogP contribution < -0.4 is 10.0 Å². The minimum absolute atomic E-state index is 0.00463. The highest BCUT2D eigenvalue weighted by Gasteiger charge is 2.18. The molecule has 5 nitrogen and oxygen atoms in total. The van der Waals surface area contributed by atoms with Crippen LogP contribution in [0.15, 0.2) is 47.4 Å². The average molecular weight is 357 g/mol. The van der Waals surface area contributed by atoms with Crippen LogP contribution in [0.1, 0.15) is 15.9 Å². The van der Waals surface area contributed by atoms with Crippen LogP contribution in [0.2, 0.25) is 5.02 Å². The van der Waals surface area contributed by atoms with Crippen molar-refractivity contribution in [1.29, 1.82) is 0 Å². The van der Waals surface area contributed by atoms with E-state index in [1.54, 1.807) is 18.2 Å². The summed E-state index contributed by atoms with van der Waals surface area (Å²) in [4.78, 5) is 11.9. The maximum atomic E-state index is 13.5. The summed E-state index contributed by atoms with van der Waals surface area (Å²) in [5, 5.41) is 2.54. The van der Waals surface area contributed by atoms with Gasteiger partial charge in [0.15, 0.2) is 0 Å². The number of halogens is 2. The maximum absolute atomic E-state index is 13.5. The van der Waals surface area contributed by atoms with E-state index in [2.05, 4.69) is 10.0 Å². The van der Waals surface area contributed by atoms with Gasteiger partial charge < -0.3 is 5.32 Å². The first-order chi connectivity index (χ1) is 10.8. The zero-order valence-electron chi connectivity index (χ0n) is 12.1. The van der Waals surface area contributed by atoms with Gasteiger partial charge in [-0.1, -0.05) is 29.8 Å². The van der Waals surface area contributed by atoms with E-state index in [1.807, 2.05) is 0 Å². The third kappa shape index (κ3) is 4.07. The van der Waals surface area contributed by atoms with Gasteiger partial charge in [-0.2, -0.15) is 0 Å². The van der Waals surface area contributed by atoms with Gasteiger partial charge in [-0.3, -0.25) is 4.79 Å². The van der Waals surface area contributed by atoms with E-state index in [-0.39, 0.29) is 22.0 Å². The second-order valence-electron chi connectivity index (χ2n) is 4.63. The fourth-order valence-corrected chi connectivity index (χ4v) is 3.13. The van der Waals surface area contributed by atoms with Crippen molar-refractivity contribution < 1.29 is 17.6 Å². The minimum Gasteiger partial charge on any atom is -0.348 e. The molecule has 2 aromatic rings. The Hall–Kier alpha value is -1.96. The SMILES string of the molecule is CNS(=O)(=O)c1cc(C(=O)NCc2ccccc2F)ccc1Cl. The predicted octanol–water partition coefficient (Wildman–Crippen LogP) is 2.32. The van der Waals surface area contributed by atoms with Crippen molar-refractivity contribution in [3.63, 3.8) is 0 Å². The van der Waals surface area contributed by atoms with Crippen LogP contribution in [-0.2, 0) is 16.6 Å². The smallest absolute Gasteiger partial charge is 0.251 e. The molecule has 2 N–H and O–H groups in total. The summed E-state index contributed by atoms with van der Waals surface area (Å²) in [6.45, 7) is -0.0117. The number of hydrogen-bond donors (Lipinski definition) is 2. The molecule has 0 aliphatic rings. The van der Waals surface area contributed by atoms with Crippen LogP contribution in [0.3, 0.4) is 0 Å². The highest BCUT2D eigenvalue weighted by molar-refractivity contribution is 7.89. The van der Waals surface area contributed by atoms with Crippen molar-refractivity contribution in [1.82, 2.24) is 10.0 Å². The van der Waals surface area contributed by atoms with Crippen molar-refractivity contribution in [2.24, 2.45) is 0 Å². The van der Waals surface area contributed by atoms with E-state index < -0.39 is 21.7 Å². The van der Waals surface area contributed by atoms with Gasteiger partial charge in [-0.05, 0) is 31.3 Å². The van der Waals surface area contributed by atoms with Crippen LogP contribution in [0.4, 0.5) is 4.39 Å². The molecule has 0 aromatic heterocycles. The number of rotatable bonds is 5. The Kier molecular flexibility index (Phi) is 5.35. The Balaban J connectivity index is 2.21. The number of hydrogen-bond acceptors (Lipinski definition) is 3. The van der Waals surface area contributed by atoms with Gasteiger partial charge in [0, 0.05) is 17.7 Å². The molecule has 0 bridgehead atoms. The zero-order chi connectivity index (χ0) is 17.0. The summed E-state index contributed by atoms with van der Waals surface area (Å²) in [6, 6.07) is 9.94. The number of carbonyl (C=O) groups excluding carboxylic acids is 1. The minimum atomic E-state index is -3.78. The zero-order valence-corrected chi connectivity index (χ0v) is 13.7. The van der Waals surface area contributed by atoms with Crippen molar-refractivity contribution in [2.45, 2.75) is 11.4 Å². The van der Waals surface area contributed by atoms with Crippen LogP contribution >= 0.6 is 11.6 Å². The predicted molar refractivity (Wildman–Crippen MR) is 85.3 cm³/mol. The first-order valence-corrected chi connectivity index (χ1v) is 8.46. The van der Waals surface area contributed by atoms with Crippen molar-refractivity contribution in [2.75, 3.05) is 7.05 Å². The van der Waals surface area contributed by atoms with E-state index in [1.165, 1.54) is 31.3 Å². The van der Waals surface area contributed by atoms with Crippen molar-refractivity contribution in [3.05, 3.63) is 64.4 Å². The van der Waals surface area contributed by atoms with Crippen LogP contribution in [0, 0.1) is 5.82 Å². The van der Waals surface area contributed by atoms with E-state index in [9.17, 15) is 17.6 Å². The fourth-order valence-electron chi connectivity index (χ4n) is 1.88. The molecule has 0 saturated heterocycles. The average Bonchev–Trinajstić information content (AvgIpc) is 2.54. The Labute approximate surface area is 138 Å². The van der Waals surface area contributed by atoms with E-state index in [0.717, 1.165) is 0 Å². The fraction of sp³-hybridized carbons (Fsp3) is 0.133. The normalized spacial score (nSPS) is 11.3. The first kappa shape index (κ1) is 17.4. The second-order valence-corrected chi connectivity index (χ2v) is 6.89. The summed E-state index contributed by atoms with van der Waals surface area (Å²) in [7, 11) is -2.53. The molecule has 0 aliphatic heterocycles. The van der Waals surface area contributed by atoms with Gasteiger partial charge >= 0.3 is 0 Å². The molecular formula is C15H14ClFN2O3S. The highest BCUT2D eigenvalue weighted by Crippen LogP contribution is 2.22. The molecular weight excluding hydrogens is 343 g/mol. The number of amides is 1. The summed E-state index contributed by atoms with van der Waals surface area (Å²) < 4.78 is 39.3. The van der Waals surface area contributed by atoms with Gasteiger partial charge in [0.1, 0.15) is 10.7 Å². The largest absolute Gasteiger partial charge is 0.348 e. The number of nitrogens with one attached hydrogen (secondary N) is 2. The van der Waals surface area contributed by atoms with Gasteiger partial charge in [0.05, 0.1) is 5.02 Å². The molecule has 0 fully saturated rings. The molecule has 0 heterocycles. The summed E-state index contributed by atoms with van der Waals surface area (Å²) in [5.74, 6) is -0.958. The number of benzene rings is 2. The Morgan fingerprint density at radius 1 is 1.22 bits per heavy atom. The third-order valence-corrected chi connectivity index (χ3v) is 5.04. The monoisotopic (exact) mass is 356 g/mol. The van der Waals surface area contributed by atoms with Crippen LogP contribution in [-0.4, -0.2) is 21.4 Å². The Morgan fingerprint density at radius 2 is 1.91 bits per heavy atom. The van der Waals surface area contributed by atoms with Gasteiger partial charge in [0.25, 0.3) is 5.91 Å². The van der Waals surface area contributed by atoms with Crippen molar-refractivity contribution >= 4 is 27.5 Å². The number of sulfonamides is 1. The molecule has 0 unspecified atom stereocenters. The second kappa shape index (κ2) is 7.08. The third-order valence-electron chi connectivity index (χ3n) is 3.15. The van der Waals surface area contributed by atoms with Gasteiger partial charge in [0.2, 0.25) is 10.0 Å². The molecule has 2 rings (SSSR count). The van der Waals surface area contributed by atoms with Crippen LogP contribution in [0.25, 0.3) is 0 Å². The van der Waals surface area contributed by atoms with E-state index in [0.29, 0.717) is 5.56 Å². The molecule has 0 saturated carbocycles. The Bertz CT molecular complexity index is 840. The molecule has 8 heteroatoms. The van der Waals surface area contributed by atoms with Crippen molar-refractivity contribution in [3.8, 4) is 0 Å². The molecule has 0 radical (unpaired) electrons. The topological polar surface area (TPSA) is 75.3 Å². The van der Waals surface area contributed by atoms with Crippen LogP contribution in [0.5, 0.6) is 0 Å². The molecule has 1 amide bonds. The lowest BCUT2D eigenvalue weighted by molar-refractivity contribution is 0.0950. The lowest BCUT2D eigenvalue weighted by Crippen LogP contribution is -2.24. The summed E-state index contributed by atoms with van der Waals surface area (Å²) >= 11 is 5.86. The molecule has 0 spiro atoms. The molecule has 122 valence electrons. The number of carbonyl (C=O) groups is 1. The lowest BCUT2D eigenvalue weighted by Gasteiger charge is -2.09. The van der Waals surface area contributed by atoms with E-state index >= 15 is 0 Å². The van der Waals surface area contributed by atoms with Gasteiger partial charge in [-0.15, -0.1) is 0 Å². The molecule has 23 heavy (non-hydrogen) atoms. The quantitative estimate of drug-likeness (QED) is 0.863. The highest BCUT2D eigenvalue weighted by atomic mass is 35.5. The first-order valence-electron chi connectivity index (χ1n) is 6.60. The maximum Gasteiger partial charge on any atom is 0.251 e. The molecule has 0 atom stereocenters. The van der Waals surface area contributed by atoms with Gasteiger partial charge in [-0.25, -0.2) is 17.5 Å². The molecule has 0 aliphatic carbocycles. The standard InChI is InChI=1S/C15H14ClFN2O3S/c1-18-23(21,22)14-8-10(6-7-12(14)16)15(20)19-9-11-4-2-3-5-13(11)17/h2-8,18H,9H2,1H3,(H,19,20). The molecule has 2 aromatic carbocycles. The summed E-state index contributed by atoms with van der Waals surface area (Å²) in [5.41, 5.74) is 0.442.